The fourth-order valence-corrected chi connectivity index (χ4v) is 7.08. The molecule has 5 rings (SSSR count). The largest absolute Gasteiger partial charge is 0.368 e. The predicted octanol–water partition coefficient (Wildman–Crippen LogP) is 4.66. The Kier molecular flexibility index (Phi) is 7.59. The predicted molar refractivity (Wildman–Crippen MR) is 154 cm³/mol. The van der Waals surface area contributed by atoms with Crippen molar-refractivity contribution in [3.05, 3.63) is 62.0 Å². The van der Waals surface area contributed by atoms with Gasteiger partial charge in [0.2, 0.25) is 0 Å². The normalized spacial score (nSPS) is 19.6. The van der Waals surface area contributed by atoms with E-state index in [2.05, 4.69) is 15.9 Å². The van der Waals surface area contributed by atoms with Crippen LogP contribution in [-0.4, -0.2) is 51.9 Å². The van der Waals surface area contributed by atoms with Gasteiger partial charge in [-0.15, -0.1) is 0 Å². The first-order valence-corrected chi connectivity index (χ1v) is 14.3. The van der Waals surface area contributed by atoms with E-state index >= 15 is 0 Å². The molecule has 0 spiro atoms. The topological polar surface area (TPSA) is 72.6 Å². The van der Waals surface area contributed by atoms with Crippen molar-refractivity contribution < 1.29 is 9.18 Å². The van der Waals surface area contributed by atoms with Crippen molar-refractivity contribution in [1.29, 1.82) is 5.26 Å². The summed E-state index contributed by atoms with van der Waals surface area (Å²) in [5.74, 6) is 0.361. The van der Waals surface area contributed by atoms with E-state index in [9.17, 15) is 19.2 Å². The highest BCUT2D eigenvalue weighted by Crippen LogP contribution is 2.39. The molecule has 0 N–H and O–H groups in total. The third-order valence-electron chi connectivity index (χ3n) is 7.72. The molecule has 0 unspecified atom stereocenters. The monoisotopic (exact) mass is 551 g/mol. The molecule has 1 saturated carbocycles. The summed E-state index contributed by atoms with van der Waals surface area (Å²) in [4.78, 5) is 33.4. The Labute approximate surface area is 231 Å². The van der Waals surface area contributed by atoms with Gasteiger partial charge in [0.1, 0.15) is 27.6 Å². The van der Waals surface area contributed by atoms with Crippen LogP contribution >= 0.6 is 24.0 Å². The number of amides is 1. The van der Waals surface area contributed by atoms with E-state index in [0.29, 0.717) is 53.1 Å². The maximum absolute atomic E-state index is 13.5. The minimum Gasteiger partial charge on any atom is -0.368 e. The summed E-state index contributed by atoms with van der Waals surface area (Å²) in [5.41, 5.74) is 2.01. The van der Waals surface area contributed by atoms with Crippen molar-refractivity contribution in [2.24, 2.45) is 0 Å². The molecule has 3 aliphatic rings. The minimum absolute atomic E-state index is 0.0915. The number of thioether (sulfide) groups is 1. The Morgan fingerprint density at radius 1 is 1.11 bits per heavy atom. The van der Waals surface area contributed by atoms with Crippen LogP contribution in [0.15, 0.2) is 34.0 Å². The van der Waals surface area contributed by atoms with Crippen LogP contribution in [0.5, 0.6) is 0 Å². The van der Waals surface area contributed by atoms with Gasteiger partial charge >= 0.3 is 0 Å². The first-order valence-electron chi connectivity index (χ1n) is 13.0. The van der Waals surface area contributed by atoms with Crippen molar-refractivity contribution in [2.75, 3.05) is 36.0 Å². The fourth-order valence-electron chi connectivity index (χ4n) is 5.69. The van der Waals surface area contributed by atoms with Crippen LogP contribution in [0.3, 0.4) is 0 Å². The van der Waals surface area contributed by atoms with Crippen molar-refractivity contribution in [3.63, 3.8) is 0 Å². The number of rotatable bonds is 5. The van der Waals surface area contributed by atoms with Gasteiger partial charge in [-0.1, -0.05) is 36.8 Å². The summed E-state index contributed by atoms with van der Waals surface area (Å²) in [5, 5.41) is 9.83. The summed E-state index contributed by atoms with van der Waals surface area (Å²) >= 11 is 6.90. The van der Waals surface area contributed by atoms with Crippen LogP contribution < -0.4 is 15.4 Å². The zero-order chi connectivity index (χ0) is 27.0. The molecule has 2 aromatic rings. The van der Waals surface area contributed by atoms with Gasteiger partial charge in [0.05, 0.1) is 4.91 Å². The van der Waals surface area contributed by atoms with Gasteiger partial charge in [0.25, 0.3) is 11.5 Å². The van der Waals surface area contributed by atoms with E-state index in [0.717, 1.165) is 37.2 Å². The molecule has 1 amide bonds. The highest BCUT2D eigenvalue weighted by Gasteiger charge is 2.38. The van der Waals surface area contributed by atoms with E-state index in [1.807, 2.05) is 13.0 Å². The van der Waals surface area contributed by atoms with Gasteiger partial charge in [-0.2, -0.15) is 5.26 Å². The second kappa shape index (κ2) is 10.9. The molecule has 38 heavy (non-hydrogen) atoms. The highest BCUT2D eigenvalue weighted by atomic mass is 32.2. The van der Waals surface area contributed by atoms with Crippen LogP contribution in [0.2, 0.25) is 0 Å². The van der Waals surface area contributed by atoms with Crippen molar-refractivity contribution in [3.8, 4) is 6.07 Å². The highest BCUT2D eigenvalue weighted by molar-refractivity contribution is 8.26. The van der Waals surface area contributed by atoms with Crippen LogP contribution in [0, 0.1) is 24.1 Å². The van der Waals surface area contributed by atoms with Gasteiger partial charge in [0, 0.05) is 50.0 Å². The maximum Gasteiger partial charge on any atom is 0.270 e. The molecule has 3 fully saturated rings. The summed E-state index contributed by atoms with van der Waals surface area (Å²) in [6, 6.07) is 8.70. The average Bonchev–Trinajstić information content (AvgIpc) is 3.53. The summed E-state index contributed by atoms with van der Waals surface area (Å²) in [6.07, 6.45) is 5.95. The number of nitriles is 1. The molecule has 7 nitrogen and oxygen atoms in total. The van der Waals surface area contributed by atoms with E-state index in [1.165, 1.54) is 23.9 Å². The summed E-state index contributed by atoms with van der Waals surface area (Å²) < 4.78 is 15.6. The zero-order valence-corrected chi connectivity index (χ0v) is 23.2. The number of pyridine rings is 1. The second-order valence-corrected chi connectivity index (χ2v) is 11.5. The molecule has 3 heterocycles. The Morgan fingerprint density at radius 2 is 1.74 bits per heavy atom. The lowest BCUT2D eigenvalue weighted by atomic mass is 10.0. The van der Waals surface area contributed by atoms with Gasteiger partial charge in [-0.25, -0.2) is 4.39 Å². The zero-order valence-electron chi connectivity index (χ0n) is 21.6. The number of anilines is 2. The number of hydrogen-bond donors (Lipinski definition) is 0. The van der Waals surface area contributed by atoms with Crippen LogP contribution in [0.1, 0.15) is 49.3 Å². The standard InChI is InChI=1S/C28H30FN5O2S2/c1-3-33-25(32-14-12-31(13-15-32)20-10-8-19(29)9-11-20)22(18(2)23(17-30)26(33)35)16-24-27(36)34(28(37)38-24)21-6-4-5-7-21/h8-11,16,21H,3-7,12-15H2,1-2H3. The molecule has 0 radical (unpaired) electrons. The van der Waals surface area contributed by atoms with Crippen molar-refractivity contribution in [2.45, 2.75) is 52.1 Å². The Bertz CT molecular complexity index is 1400. The Morgan fingerprint density at radius 3 is 2.34 bits per heavy atom. The van der Waals surface area contributed by atoms with Gasteiger partial charge in [-0.05, 0) is 62.6 Å². The number of piperazine rings is 1. The third kappa shape index (κ3) is 4.74. The molecular weight excluding hydrogens is 521 g/mol. The van der Waals surface area contributed by atoms with E-state index in [-0.39, 0.29) is 28.9 Å². The van der Waals surface area contributed by atoms with Gasteiger partial charge in [-0.3, -0.25) is 19.1 Å². The lowest BCUT2D eigenvalue weighted by Gasteiger charge is -2.39. The first-order chi connectivity index (χ1) is 18.3. The molecule has 2 saturated heterocycles. The number of carbonyl (C=O) groups excluding carboxylic acids is 1. The van der Waals surface area contributed by atoms with Crippen LogP contribution in [0.4, 0.5) is 15.9 Å². The maximum atomic E-state index is 13.5. The van der Waals surface area contributed by atoms with Crippen LogP contribution in [-0.2, 0) is 11.3 Å². The molecule has 1 aromatic carbocycles. The lowest BCUT2D eigenvalue weighted by molar-refractivity contribution is -0.123. The molecule has 1 aromatic heterocycles. The Balaban J connectivity index is 1.53. The number of aromatic nitrogens is 1. The number of carbonyl (C=O) groups is 1. The quantitative estimate of drug-likeness (QED) is 0.395. The molecule has 2 aliphatic heterocycles. The number of hydrogen-bond acceptors (Lipinski definition) is 7. The van der Waals surface area contributed by atoms with Crippen molar-refractivity contribution >= 4 is 51.8 Å². The van der Waals surface area contributed by atoms with E-state index in [4.69, 9.17) is 12.2 Å². The fraction of sp³-hybridized carbons (Fsp3) is 0.429. The third-order valence-corrected chi connectivity index (χ3v) is 9.05. The second-order valence-electron chi connectivity index (χ2n) is 9.84. The average molecular weight is 552 g/mol. The molecule has 0 bridgehead atoms. The SMILES string of the molecule is CCn1c(N2CCN(c3ccc(F)cc3)CC2)c(C=C2SC(=S)N(C3CCCC3)C2=O)c(C)c(C#N)c1=O. The number of halogens is 1. The van der Waals surface area contributed by atoms with Crippen molar-refractivity contribution in [1.82, 2.24) is 9.47 Å². The number of nitrogens with zero attached hydrogens (tertiary/aromatic N) is 5. The number of benzene rings is 1. The first kappa shape index (κ1) is 26.4. The van der Waals surface area contributed by atoms with E-state index < -0.39 is 0 Å². The smallest absolute Gasteiger partial charge is 0.270 e. The molecule has 1 aliphatic carbocycles. The minimum atomic E-state index is -0.320. The molecular formula is C28H30FN5O2S2. The summed E-state index contributed by atoms with van der Waals surface area (Å²) in [7, 11) is 0. The lowest BCUT2D eigenvalue weighted by Crippen LogP contribution is -2.48. The van der Waals surface area contributed by atoms with Gasteiger partial charge < -0.3 is 9.80 Å². The van der Waals surface area contributed by atoms with Crippen LogP contribution in [0.25, 0.3) is 6.08 Å². The van der Waals surface area contributed by atoms with E-state index in [1.54, 1.807) is 28.5 Å². The summed E-state index contributed by atoms with van der Waals surface area (Å²) in [6.45, 7) is 6.70. The van der Waals surface area contributed by atoms with Gasteiger partial charge in [0.15, 0.2) is 0 Å². The Hall–Kier alpha value is -3.16. The molecule has 198 valence electrons. The molecule has 10 heteroatoms. The number of thiocarbonyl (C=S) groups is 1. The molecule has 0 atom stereocenters.